The van der Waals surface area contributed by atoms with Crippen molar-refractivity contribution in [1.82, 2.24) is 14.4 Å². The van der Waals surface area contributed by atoms with Gasteiger partial charge in [-0.2, -0.15) is 9.29 Å². The van der Waals surface area contributed by atoms with Crippen molar-refractivity contribution in [3.63, 3.8) is 0 Å². The third kappa shape index (κ3) is 3.12. The second kappa shape index (κ2) is 6.48. The van der Waals surface area contributed by atoms with Gasteiger partial charge in [-0.1, -0.05) is 5.16 Å². The van der Waals surface area contributed by atoms with Crippen LogP contribution < -0.4 is 5.32 Å². The number of hydrogen-bond donors (Lipinski definition) is 1. The molecule has 138 valence electrons. The number of piperidine rings is 1. The summed E-state index contributed by atoms with van der Waals surface area (Å²) in [5.74, 6) is 0.922. The average molecular weight is 376 g/mol. The molecule has 9 heteroatoms. The van der Waals surface area contributed by atoms with Crippen molar-refractivity contribution in [3.8, 4) is 0 Å². The molecule has 1 atom stereocenters. The van der Waals surface area contributed by atoms with Crippen LogP contribution in [-0.2, 0) is 21.2 Å². The fraction of sp³-hybridized carbons (Fsp3) is 0.471. The van der Waals surface area contributed by atoms with E-state index in [4.69, 9.17) is 4.52 Å². The zero-order valence-electron chi connectivity index (χ0n) is 14.4. The number of anilines is 1. The highest BCUT2D eigenvalue weighted by atomic mass is 32.2. The van der Waals surface area contributed by atoms with E-state index in [0.717, 1.165) is 18.4 Å². The molecule has 1 unspecified atom stereocenters. The number of aromatic nitrogens is 2. The van der Waals surface area contributed by atoms with Crippen molar-refractivity contribution in [2.24, 2.45) is 0 Å². The molecule has 0 saturated carbocycles. The first-order valence-electron chi connectivity index (χ1n) is 8.66. The standard InChI is InChI=1S/C17H20N4O4S/c1-11-18-17(25-20-11)13-3-2-8-21(10-13)26(23,24)14-5-6-15-12(9-14)4-7-16(22)19-15/h5-6,9,13H,2-4,7-8,10H2,1H3,(H,19,22). The average Bonchev–Trinajstić information content (AvgIpc) is 3.08. The first-order valence-corrected chi connectivity index (χ1v) is 10.1. The predicted octanol–water partition coefficient (Wildman–Crippen LogP) is 1.83. The maximum Gasteiger partial charge on any atom is 0.243 e. The summed E-state index contributed by atoms with van der Waals surface area (Å²) in [6.07, 6.45) is 2.49. The van der Waals surface area contributed by atoms with Crippen LogP contribution in [0.2, 0.25) is 0 Å². The summed E-state index contributed by atoms with van der Waals surface area (Å²) >= 11 is 0. The number of amides is 1. The number of carbonyl (C=O) groups excluding carboxylic acids is 1. The molecule has 1 fully saturated rings. The zero-order chi connectivity index (χ0) is 18.3. The van der Waals surface area contributed by atoms with Crippen LogP contribution in [0.15, 0.2) is 27.6 Å². The summed E-state index contributed by atoms with van der Waals surface area (Å²) < 4.78 is 32.9. The number of nitrogens with zero attached hydrogens (tertiary/aromatic N) is 3. The molecule has 0 bridgehead atoms. The van der Waals surface area contributed by atoms with E-state index in [-0.39, 0.29) is 16.7 Å². The number of hydrogen-bond acceptors (Lipinski definition) is 6. The highest BCUT2D eigenvalue weighted by molar-refractivity contribution is 7.89. The zero-order valence-corrected chi connectivity index (χ0v) is 15.3. The van der Waals surface area contributed by atoms with Gasteiger partial charge in [0.25, 0.3) is 0 Å². The van der Waals surface area contributed by atoms with Gasteiger partial charge in [0.05, 0.1) is 10.8 Å². The second-order valence-electron chi connectivity index (χ2n) is 6.75. The molecule has 0 aliphatic carbocycles. The van der Waals surface area contributed by atoms with Gasteiger partial charge in [-0.05, 0) is 49.9 Å². The first kappa shape index (κ1) is 17.2. The Morgan fingerprint density at radius 1 is 1.31 bits per heavy atom. The molecule has 2 aliphatic rings. The van der Waals surface area contributed by atoms with Crippen LogP contribution in [0.4, 0.5) is 5.69 Å². The smallest absolute Gasteiger partial charge is 0.243 e. The highest BCUT2D eigenvalue weighted by Crippen LogP contribution is 2.31. The SMILES string of the molecule is Cc1noc(C2CCCN(S(=O)(=O)c3ccc4c(c3)CCC(=O)N4)C2)n1. The number of fused-ring (bicyclic) bond motifs is 1. The topological polar surface area (TPSA) is 105 Å². The van der Waals surface area contributed by atoms with Gasteiger partial charge >= 0.3 is 0 Å². The lowest BCUT2D eigenvalue weighted by Crippen LogP contribution is -2.39. The van der Waals surface area contributed by atoms with Crippen molar-refractivity contribution in [2.45, 2.75) is 43.4 Å². The molecule has 8 nitrogen and oxygen atoms in total. The molecule has 26 heavy (non-hydrogen) atoms. The lowest BCUT2D eigenvalue weighted by Gasteiger charge is -2.30. The van der Waals surface area contributed by atoms with Crippen LogP contribution in [0, 0.1) is 6.92 Å². The molecule has 4 rings (SSSR count). The van der Waals surface area contributed by atoms with Gasteiger partial charge in [-0.15, -0.1) is 0 Å². The van der Waals surface area contributed by atoms with Crippen LogP contribution >= 0.6 is 0 Å². The Labute approximate surface area is 151 Å². The van der Waals surface area contributed by atoms with Crippen LogP contribution in [0.3, 0.4) is 0 Å². The lowest BCUT2D eigenvalue weighted by atomic mass is 10.00. The predicted molar refractivity (Wildman–Crippen MR) is 93.2 cm³/mol. The fourth-order valence-corrected chi connectivity index (χ4v) is 5.09. The Hall–Kier alpha value is -2.26. The van der Waals surface area contributed by atoms with Gasteiger partial charge in [-0.25, -0.2) is 8.42 Å². The molecule has 0 radical (unpaired) electrons. The summed E-state index contributed by atoms with van der Waals surface area (Å²) in [5.41, 5.74) is 1.55. The van der Waals surface area contributed by atoms with Gasteiger partial charge in [0.2, 0.25) is 21.8 Å². The number of aryl methyl sites for hydroxylation is 2. The van der Waals surface area contributed by atoms with Crippen LogP contribution in [0.25, 0.3) is 0 Å². The third-order valence-corrected chi connectivity index (χ3v) is 6.75. The molecular formula is C17H20N4O4S. The van der Waals surface area contributed by atoms with Crippen molar-refractivity contribution >= 4 is 21.6 Å². The summed E-state index contributed by atoms with van der Waals surface area (Å²) in [6, 6.07) is 4.90. The molecule has 1 aromatic heterocycles. The van der Waals surface area contributed by atoms with E-state index in [1.54, 1.807) is 25.1 Å². The summed E-state index contributed by atoms with van der Waals surface area (Å²) in [6.45, 7) is 2.55. The Bertz CT molecular complexity index is 953. The Balaban J connectivity index is 1.59. The van der Waals surface area contributed by atoms with E-state index in [2.05, 4.69) is 15.5 Å². The van der Waals surface area contributed by atoms with Gasteiger partial charge in [-0.3, -0.25) is 4.79 Å². The quantitative estimate of drug-likeness (QED) is 0.876. The van der Waals surface area contributed by atoms with Crippen LogP contribution in [-0.4, -0.2) is 41.9 Å². The van der Waals surface area contributed by atoms with Gasteiger partial charge in [0.15, 0.2) is 5.82 Å². The van der Waals surface area contributed by atoms with Crippen molar-refractivity contribution in [1.29, 1.82) is 0 Å². The number of sulfonamides is 1. The minimum atomic E-state index is -3.61. The minimum absolute atomic E-state index is 0.0400. The molecule has 1 amide bonds. The Morgan fingerprint density at radius 2 is 2.15 bits per heavy atom. The second-order valence-corrected chi connectivity index (χ2v) is 8.69. The molecule has 1 aromatic carbocycles. The van der Waals surface area contributed by atoms with E-state index in [1.807, 2.05) is 0 Å². The van der Waals surface area contributed by atoms with Crippen molar-refractivity contribution in [2.75, 3.05) is 18.4 Å². The molecular weight excluding hydrogens is 356 g/mol. The fourth-order valence-electron chi connectivity index (χ4n) is 3.51. The van der Waals surface area contributed by atoms with Gasteiger partial charge in [0.1, 0.15) is 0 Å². The third-order valence-electron chi connectivity index (χ3n) is 4.89. The largest absolute Gasteiger partial charge is 0.339 e. The minimum Gasteiger partial charge on any atom is -0.339 e. The van der Waals surface area contributed by atoms with E-state index < -0.39 is 10.0 Å². The van der Waals surface area contributed by atoms with E-state index in [0.29, 0.717) is 43.3 Å². The summed E-state index contributed by atoms with van der Waals surface area (Å²) in [7, 11) is -3.61. The lowest BCUT2D eigenvalue weighted by molar-refractivity contribution is -0.116. The Morgan fingerprint density at radius 3 is 2.92 bits per heavy atom. The van der Waals surface area contributed by atoms with Crippen LogP contribution in [0.1, 0.15) is 42.5 Å². The van der Waals surface area contributed by atoms with Crippen molar-refractivity contribution < 1.29 is 17.7 Å². The van der Waals surface area contributed by atoms with Crippen molar-refractivity contribution in [3.05, 3.63) is 35.5 Å². The van der Waals surface area contributed by atoms with E-state index >= 15 is 0 Å². The first-order chi connectivity index (χ1) is 12.4. The Kier molecular flexibility index (Phi) is 4.28. The highest BCUT2D eigenvalue weighted by Gasteiger charge is 2.33. The molecule has 1 saturated heterocycles. The van der Waals surface area contributed by atoms with Gasteiger partial charge in [0, 0.05) is 25.2 Å². The normalized spacial score (nSPS) is 21.3. The van der Waals surface area contributed by atoms with Crippen LogP contribution in [0.5, 0.6) is 0 Å². The molecule has 2 aromatic rings. The number of rotatable bonds is 3. The number of carbonyl (C=O) groups is 1. The monoisotopic (exact) mass is 376 g/mol. The molecule has 1 N–H and O–H groups in total. The maximum atomic E-state index is 13.1. The summed E-state index contributed by atoms with van der Waals surface area (Å²) in [5, 5.41) is 6.58. The number of benzene rings is 1. The molecule has 2 aliphatic heterocycles. The molecule has 3 heterocycles. The van der Waals surface area contributed by atoms with Gasteiger partial charge < -0.3 is 9.84 Å². The van der Waals surface area contributed by atoms with E-state index in [1.165, 1.54) is 4.31 Å². The maximum absolute atomic E-state index is 13.1. The summed E-state index contributed by atoms with van der Waals surface area (Å²) in [4.78, 5) is 16.0. The molecule has 0 spiro atoms. The number of nitrogens with one attached hydrogen (secondary N) is 1. The van der Waals surface area contributed by atoms with E-state index in [9.17, 15) is 13.2 Å².